The molecule has 150 valence electrons. The Morgan fingerprint density at radius 1 is 1.22 bits per heavy atom. The number of anilines is 1. The molecule has 7 nitrogen and oxygen atoms in total. The number of carbonyl (C=O) groups excluding carboxylic acids is 1. The summed E-state index contributed by atoms with van der Waals surface area (Å²) in [6, 6.07) is 8.48. The van der Waals surface area contributed by atoms with Gasteiger partial charge in [-0.2, -0.15) is 0 Å². The van der Waals surface area contributed by atoms with Gasteiger partial charge in [-0.3, -0.25) is 14.7 Å². The average Bonchev–Trinajstić information content (AvgIpc) is 2.64. The Bertz CT molecular complexity index is 667. The number of hydrogen-bond donors (Lipinski definition) is 3. The lowest BCUT2D eigenvalue weighted by Crippen LogP contribution is -2.55. The van der Waals surface area contributed by atoms with Gasteiger partial charge in [-0.05, 0) is 25.7 Å². The fourth-order valence-electron chi connectivity index (χ4n) is 3.66. The minimum absolute atomic E-state index is 0. The number of halogens is 1. The molecule has 2 aliphatic heterocycles. The number of nitrogens with zero attached hydrogens (tertiary/aromatic N) is 3. The SMILES string of the molecule is CN=C(NCC1CC(=O)Nc2ccccc21)NCC1CN(C)CCN1C.I. The molecule has 1 aromatic carbocycles. The van der Waals surface area contributed by atoms with Crippen LogP contribution in [0.3, 0.4) is 0 Å². The molecular formula is C19H31IN6O. The lowest BCUT2D eigenvalue weighted by Gasteiger charge is -2.38. The number of amides is 1. The zero-order valence-electron chi connectivity index (χ0n) is 16.4. The van der Waals surface area contributed by atoms with E-state index in [-0.39, 0.29) is 35.8 Å². The Kier molecular flexibility index (Phi) is 8.30. The summed E-state index contributed by atoms with van der Waals surface area (Å²) < 4.78 is 0. The molecule has 2 unspecified atom stereocenters. The van der Waals surface area contributed by atoms with Crippen LogP contribution in [0.25, 0.3) is 0 Å². The first-order valence-electron chi connectivity index (χ1n) is 9.29. The highest BCUT2D eigenvalue weighted by molar-refractivity contribution is 14.0. The third kappa shape index (κ3) is 5.79. The molecule has 0 spiro atoms. The Balaban J connectivity index is 0.00000261. The van der Waals surface area contributed by atoms with E-state index in [1.807, 2.05) is 18.2 Å². The lowest BCUT2D eigenvalue weighted by molar-refractivity contribution is -0.116. The zero-order valence-corrected chi connectivity index (χ0v) is 18.7. The molecule has 27 heavy (non-hydrogen) atoms. The van der Waals surface area contributed by atoms with Crippen LogP contribution >= 0.6 is 24.0 Å². The van der Waals surface area contributed by atoms with Crippen molar-refractivity contribution in [3.8, 4) is 0 Å². The summed E-state index contributed by atoms with van der Waals surface area (Å²) in [4.78, 5) is 21.0. The number of aliphatic imine (C=N–C) groups is 1. The first kappa shape index (κ1) is 21.9. The number of likely N-dealkylation sites (N-methyl/N-ethyl adjacent to an activating group) is 2. The summed E-state index contributed by atoms with van der Waals surface area (Å²) in [5.41, 5.74) is 2.11. The van der Waals surface area contributed by atoms with Crippen molar-refractivity contribution in [2.75, 3.05) is 59.2 Å². The molecule has 8 heteroatoms. The minimum atomic E-state index is 0. The standard InChI is InChI=1S/C19H30N6O.HI/c1-20-19(22-12-15-13-24(2)8-9-25(15)3)21-11-14-10-18(26)23-17-7-5-4-6-16(14)17;/h4-7,14-15H,8-13H2,1-3H3,(H,23,26)(H2,20,21,22);1H. The van der Waals surface area contributed by atoms with Crippen LogP contribution < -0.4 is 16.0 Å². The highest BCUT2D eigenvalue weighted by Gasteiger charge is 2.25. The van der Waals surface area contributed by atoms with Gasteiger partial charge in [0, 0.05) is 63.8 Å². The van der Waals surface area contributed by atoms with Crippen LogP contribution in [0.1, 0.15) is 17.9 Å². The Morgan fingerprint density at radius 3 is 2.74 bits per heavy atom. The van der Waals surface area contributed by atoms with Crippen LogP contribution in [-0.2, 0) is 4.79 Å². The quantitative estimate of drug-likeness (QED) is 0.339. The molecule has 1 saturated heterocycles. The highest BCUT2D eigenvalue weighted by atomic mass is 127. The molecular weight excluding hydrogens is 455 g/mol. The van der Waals surface area contributed by atoms with E-state index in [0.29, 0.717) is 19.0 Å². The summed E-state index contributed by atoms with van der Waals surface area (Å²) in [6.45, 7) is 4.79. The summed E-state index contributed by atoms with van der Waals surface area (Å²) in [6.07, 6.45) is 0.497. The molecule has 0 aliphatic carbocycles. The van der Waals surface area contributed by atoms with Gasteiger partial charge in [0.25, 0.3) is 0 Å². The number of guanidine groups is 1. The van der Waals surface area contributed by atoms with E-state index in [1.165, 1.54) is 5.56 Å². The van der Waals surface area contributed by atoms with Crippen molar-refractivity contribution in [3.05, 3.63) is 29.8 Å². The van der Waals surface area contributed by atoms with Gasteiger partial charge in [0.15, 0.2) is 5.96 Å². The molecule has 3 rings (SSSR count). The van der Waals surface area contributed by atoms with Crippen LogP contribution in [-0.4, -0.2) is 81.6 Å². The maximum atomic E-state index is 12.0. The molecule has 1 amide bonds. The molecule has 0 radical (unpaired) electrons. The molecule has 2 heterocycles. The van der Waals surface area contributed by atoms with Gasteiger partial charge < -0.3 is 20.9 Å². The van der Waals surface area contributed by atoms with E-state index in [4.69, 9.17) is 0 Å². The Labute approximate surface area is 179 Å². The summed E-state index contributed by atoms with van der Waals surface area (Å²) in [5.74, 6) is 1.02. The van der Waals surface area contributed by atoms with Gasteiger partial charge in [0.05, 0.1) is 0 Å². The summed E-state index contributed by atoms with van der Waals surface area (Å²) in [5, 5.41) is 9.77. The maximum absolute atomic E-state index is 12.0. The topological polar surface area (TPSA) is 72.0 Å². The number of carbonyl (C=O) groups is 1. The second kappa shape index (κ2) is 10.2. The number of hydrogen-bond acceptors (Lipinski definition) is 4. The van der Waals surface area contributed by atoms with Gasteiger partial charge in [-0.25, -0.2) is 0 Å². The van der Waals surface area contributed by atoms with Crippen molar-refractivity contribution in [2.24, 2.45) is 4.99 Å². The second-order valence-corrected chi connectivity index (χ2v) is 7.27. The van der Waals surface area contributed by atoms with Crippen molar-refractivity contribution in [2.45, 2.75) is 18.4 Å². The van der Waals surface area contributed by atoms with Gasteiger partial charge in [-0.1, -0.05) is 18.2 Å². The third-order valence-corrected chi connectivity index (χ3v) is 5.33. The molecule has 3 N–H and O–H groups in total. The normalized spacial score (nSPS) is 23.8. The molecule has 0 aromatic heterocycles. The van der Waals surface area contributed by atoms with Crippen molar-refractivity contribution >= 4 is 41.5 Å². The molecule has 2 aliphatic rings. The van der Waals surface area contributed by atoms with Crippen molar-refractivity contribution in [1.82, 2.24) is 20.4 Å². The van der Waals surface area contributed by atoms with E-state index >= 15 is 0 Å². The lowest BCUT2D eigenvalue weighted by atomic mass is 9.90. The number of benzene rings is 1. The number of piperazine rings is 1. The predicted octanol–water partition coefficient (Wildman–Crippen LogP) is 1.14. The Hall–Kier alpha value is -1.39. The van der Waals surface area contributed by atoms with E-state index in [1.54, 1.807) is 7.05 Å². The Morgan fingerprint density at radius 2 is 1.96 bits per heavy atom. The van der Waals surface area contributed by atoms with Crippen LogP contribution in [0.5, 0.6) is 0 Å². The molecule has 1 fully saturated rings. The van der Waals surface area contributed by atoms with Gasteiger partial charge in [0.2, 0.25) is 5.91 Å². The van der Waals surface area contributed by atoms with Crippen LogP contribution in [0.15, 0.2) is 29.3 Å². The van der Waals surface area contributed by atoms with Crippen molar-refractivity contribution in [3.63, 3.8) is 0 Å². The van der Waals surface area contributed by atoms with E-state index < -0.39 is 0 Å². The minimum Gasteiger partial charge on any atom is -0.356 e. The smallest absolute Gasteiger partial charge is 0.225 e. The largest absolute Gasteiger partial charge is 0.356 e. The highest BCUT2D eigenvalue weighted by Crippen LogP contribution is 2.31. The monoisotopic (exact) mass is 486 g/mol. The maximum Gasteiger partial charge on any atom is 0.225 e. The average molecular weight is 486 g/mol. The fraction of sp³-hybridized carbons (Fsp3) is 0.579. The summed E-state index contributed by atoms with van der Waals surface area (Å²) >= 11 is 0. The van der Waals surface area contributed by atoms with Crippen molar-refractivity contribution in [1.29, 1.82) is 0 Å². The van der Waals surface area contributed by atoms with E-state index in [2.05, 4.69) is 50.9 Å². The first-order valence-corrected chi connectivity index (χ1v) is 9.29. The number of rotatable bonds is 4. The number of para-hydroxylation sites is 1. The fourth-order valence-corrected chi connectivity index (χ4v) is 3.66. The second-order valence-electron chi connectivity index (χ2n) is 7.27. The van der Waals surface area contributed by atoms with Crippen molar-refractivity contribution < 1.29 is 4.79 Å². The van der Waals surface area contributed by atoms with Crippen LogP contribution in [0.2, 0.25) is 0 Å². The van der Waals surface area contributed by atoms with Crippen LogP contribution in [0.4, 0.5) is 5.69 Å². The summed E-state index contributed by atoms with van der Waals surface area (Å²) in [7, 11) is 6.12. The van der Waals surface area contributed by atoms with E-state index in [9.17, 15) is 4.79 Å². The third-order valence-electron chi connectivity index (χ3n) is 5.33. The molecule has 1 aromatic rings. The first-order chi connectivity index (χ1) is 12.6. The zero-order chi connectivity index (χ0) is 18.5. The van der Waals surface area contributed by atoms with Gasteiger partial charge >= 0.3 is 0 Å². The number of nitrogens with one attached hydrogen (secondary N) is 3. The predicted molar refractivity (Wildman–Crippen MR) is 121 cm³/mol. The molecule has 0 saturated carbocycles. The molecule has 2 atom stereocenters. The van der Waals surface area contributed by atoms with Gasteiger partial charge in [-0.15, -0.1) is 24.0 Å². The van der Waals surface area contributed by atoms with E-state index in [0.717, 1.165) is 37.8 Å². The van der Waals surface area contributed by atoms with Crippen LogP contribution in [0, 0.1) is 0 Å². The molecule has 0 bridgehead atoms. The number of fused-ring (bicyclic) bond motifs is 1. The van der Waals surface area contributed by atoms with Gasteiger partial charge in [0.1, 0.15) is 0 Å².